The Balaban J connectivity index is 1.39. The van der Waals surface area contributed by atoms with E-state index in [-0.39, 0.29) is 12.1 Å². The molecule has 1 aromatic rings. The number of hydrogen-bond acceptors (Lipinski definition) is 7. The lowest BCUT2D eigenvalue weighted by Gasteiger charge is -2.33. The fraction of sp³-hybridized carbons (Fsp3) is 0.409. The van der Waals surface area contributed by atoms with Crippen molar-refractivity contribution in [3.8, 4) is 0 Å². The van der Waals surface area contributed by atoms with Gasteiger partial charge in [0.2, 0.25) is 0 Å². The van der Waals surface area contributed by atoms with Crippen LogP contribution in [0.3, 0.4) is 0 Å². The van der Waals surface area contributed by atoms with Gasteiger partial charge in [0.1, 0.15) is 17.4 Å². The quantitative estimate of drug-likeness (QED) is 0.819. The molecule has 150 valence electrons. The van der Waals surface area contributed by atoms with Crippen LogP contribution in [0.4, 0.5) is 0 Å². The van der Waals surface area contributed by atoms with E-state index >= 15 is 0 Å². The third-order valence-corrected chi connectivity index (χ3v) is 5.88. The lowest BCUT2D eigenvalue weighted by molar-refractivity contribution is 0.305. The molecule has 0 aliphatic carbocycles. The molecule has 1 aromatic heterocycles. The number of dihydropyridines is 1. The van der Waals surface area contributed by atoms with Gasteiger partial charge in [0.25, 0.3) is 0 Å². The van der Waals surface area contributed by atoms with E-state index < -0.39 is 0 Å². The molecule has 0 radical (unpaired) electrons. The minimum absolute atomic E-state index is 0.172. The highest BCUT2D eigenvalue weighted by Gasteiger charge is 2.36. The van der Waals surface area contributed by atoms with Gasteiger partial charge < -0.3 is 20.3 Å². The van der Waals surface area contributed by atoms with Crippen LogP contribution in [-0.4, -0.2) is 66.4 Å². The molecular formula is C22H26N6O. The third kappa shape index (κ3) is 3.58. The Morgan fingerprint density at radius 2 is 2.17 bits per heavy atom. The molecule has 29 heavy (non-hydrogen) atoms. The summed E-state index contributed by atoms with van der Waals surface area (Å²) in [6, 6.07) is 4.86. The van der Waals surface area contributed by atoms with Gasteiger partial charge in [0, 0.05) is 42.8 Å². The Kier molecular flexibility index (Phi) is 4.89. The zero-order valence-electron chi connectivity index (χ0n) is 16.6. The van der Waals surface area contributed by atoms with Gasteiger partial charge in [0.15, 0.2) is 0 Å². The Bertz CT molecular complexity index is 910. The second kappa shape index (κ2) is 7.83. The summed E-state index contributed by atoms with van der Waals surface area (Å²) in [5, 5.41) is 6.98. The van der Waals surface area contributed by atoms with Gasteiger partial charge in [-0.25, -0.2) is 0 Å². The topological polar surface area (TPSA) is 74.1 Å². The van der Waals surface area contributed by atoms with Crippen LogP contribution >= 0.6 is 0 Å². The van der Waals surface area contributed by atoms with E-state index in [1.807, 2.05) is 18.2 Å². The molecule has 0 bridgehead atoms. The van der Waals surface area contributed by atoms with Crippen LogP contribution in [0, 0.1) is 0 Å². The Morgan fingerprint density at radius 1 is 1.28 bits per heavy atom. The molecule has 0 saturated carbocycles. The minimum atomic E-state index is 0.172. The number of nitrogens with one attached hydrogen (secondary N) is 2. The molecule has 5 heterocycles. The van der Waals surface area contributed by atoms with Crippen LogP contribution in [0.15, 0.2) is 64.7 Å². The van der Waals surface area contributed by atoms with Gasteiger partial charge in [0.05, 0.1) is 25.7 Å². The summed E-state index contributed by atoms with van der Waals surface area (Å²) in [6.07, 6.45) is 14.2. The maximum Gasteiger partial charge on any atom is 0.131 e. The second-order valence-corrected chi connectivity index (χ2v) is 7.72. The normalized spacial score (nSPS) is 28.3. The Morgan fingerprint density at radius 3 is 2.97 bits per heavy atom. The van der Waals surface area contributed by atoms with Crippen molar-refractivity contribution in [3.05, 3.63) is 60.3 Å². The highest BCUT2D eigenvalue weighted by Crippen LogP contribution is 2.32. The van der Waals surface area contributed by atoms with E-state index in [1.165, 1.54) is 0 Å². The zero-order valence-corrected chi connectivity index (χ0v) is 16.6. The first-order valence-electron chi connectivity index (χ1n) is 10.2. The maximum atomic E-state index is 5.65. The zero-order chi connectivity index (χ0) is 19.6. The van der Waals surface area contributed by atoms with Gasteiger partial charge in [-0.05, 0) is 43.2 Å². The number of allylic oxidation sites excluding steroid dienone is 1. The van der Waals surface area contributed by atoms with E-state index in [0.717, 1.165) is 61.0 Å². The van der Waals surface area contributed by atoms with Crippen molar-refractivity contribution >= 4 is 17.2 Å². The number of methoxy groups -OCH3 is 1. The fourth-order valence-corrected chi connectivity index (χ4v) is 4.34. The number of aliphatic imine (C=N–C) groups is 2. The molecule has 2 N–H and O–H groups in total. The summed E-state index contributed by atoms with van der Waals surface area (Å²) >= 11 is 0. The number of amidine groups is 2. The molecule has 7 heteroatoms. The molecule has 0 spiro atoms. The van der Waals surface area contributed by atoms with E-state index in [1.54, 1.807) is 19.5 Å². The summed E-state index contributed by atoms with van der Waals surface area (Å²) in [7, 11) is 1.70. The number of rotatable bonds is 4. The molecule has 0 amide bonds. The summed E-state index contributed by atoms with van der Waals surface area (Å²) < 4.78 is 5.65. The molecule has 4 aliphatic rings. The smallest absolute Gasteiger partial charge is 0.131 e. The first-order valence-corrected chi connectivity index (χ1v) is 10.2. The molecule has 7 nitrogen and oxygen atoms in total. The highest BCUT2D eigenvalue weighted by atomic mass is 16.5. The second-order valence-electron chi connectivity index (χ2n) is 7.72. The monoisotopic (exact) mass is 390 g/mol. The minimum Gasteiger partial charge on any atom is -0.496 e. The van der Waals surface area contributed by atoms with Crippen molar-refractivity contribution in [2.45, 2.75) is 31.0 Å². The number of pyridine rings is 1. The van der Waals surface area contributed by atoms with E-state index in [4.69, 9.17) is 14.7 Å². The predicted octanol–water partition coefficient (Wildman–Crippen LogP) is 1.73. The lowest BCUT2D eigenvalue weighted by Crippen LogP contribution is -2.44. The molecule has 1 fully saturated rings. The van der Waals surface area contributed by atoms with Crippen molar-refractivity contribution in [2.24, 2.45) is 9.98 Å². The van der Waals surface area contributed by atoms with Crippen LogP contribution in [0.1, 0.15) is 18.4 Å². The van der Waals surface area contributed by atoms with Crippen molar-refractivity contribution in [3.63, 3.8) is 0 Å². The third-order valence-electron chi connectivity index (χ3n) is 5.88. The lowest BCUT2D eigenvalue weighted by atomic mass is 9.99. The summed E-state index contributed by atoms with van der Waals surface area (Å²) in [5.41, 5.74) is 2.13. The molecule has 0 aromatic carbocycles. The van der Waals surface area contributed by atoms with Gasteiger partial charge in [-0.2, -0.15) is 0 Å². The van der Waals surface area contributed by atoms with Crippen LogP contribution < -0.4 is 10.6 Å². The molecular weight excluding hydrogens is 364 g/mol. The standard InChI is InChI=1S/C22H26N6O/c1-29-20-11-22-25-13-19(28(22)14-17(20)15-5-8-23-9-6-15)18-3-2-4-21(27-18)26-16-7-10-24-12-16/h2,4-6,8-9,11,14,16,18-19,24H,3,7,10,12-13H2,1H3,(H,26,27). The molecule has 5 rings (SSSR count). The van der Waals surface area contributed by atoms with Gasteiger partial charge in [-0.15, -0.1) is 0 Å². The number of fused-ring (bicyclic) bond motifs is 1. The summed E-state index contributed by atoms with van der Waals surface area (Å²) in [6.45, 7) is 2.81. The first-order chi connectivity index (χ1) is 14.3. The van der Waals surface area contributed by atoms with Crippen LogP contribution in [-0.2, 0) is 4.74 Å². The van der Waals surface area contributed by atoms with Crippen LogP contribution in [0.2, 0.25) is 0 Å². The largest absolute Gasteiger partial charge is 0.496 e. The van der Waals surface area contributed by atoms with Crippen molar-refractivity contribution in [1.82, 2.24) is 20.5 Å². The SMILES string of the molecule is COC1=CC2=NCC(C3CC=CC(NC4CCNC4)=N3)N2C=C1c1ccncc1. The average Bonchev–Trinajstić information content (AvgIpc) is 3.43. The first kappa shape index (κ1) is 18.1. The molecule has 4 aliphatic heterocycles. The average molecular weight is 390 g/mol. The maximum absolute atomic E-state index is 5.65. The highest BCUT2D eigenvalue weighted by molar-refractivity contribution is 6.02. The number of hydrogen-bond donors (Lipinski definition) is 2. The van der Waals surface area contributed by atoms with Crippen molar-refractivity contribution in [1.29, 1.82) is 0 Å². The van der Waals surface area contributed by atoms with E-state index in [9.17, 15) is 0 Å². The van der Waals surface area contributed by atoms with Crippen LogP contribution in [0.5, 0.6) is 0 Å². The van der Waals surface area contributed by atoms with Gasteiger partial charge >= 0.3 is 0 Å². The van der Waals surface area contributed by atoms with Gasteiger partial charge in [-0.1, -0.05) is 6.08 Å². The predicted molar refractivity (Wildman–Crippen MR) is 115 cm³/mol. The number of aromatic nitrogens is 1. The van der Waals surface area contributed by atoms with Crippen LogP contribution in [0.25, 0.3) is 5.57 Å². The number of ether oxygens (including phenoxy) is 1. The molecule has 1 saturated heterocycles. The number of nitrogens with zero attached hydrogens (tertiary/aromatic N) is 4. The van der Waals surface area contributed by atoms with E-state index in [2.05, 4.69) is 38.9 Å². The fourth-order valence-electron chi connectivity index (χ4n) is 4.34. The van der Waals surface area contributed by atoms with Gasteiger partial charge in [-0.3, -0.25) is 15.0 Å². The molecule has 3 unspecified atom stereocenters. The molecule has 3 atom stereocenters. The van der Waals surface area contributed by atoms with Crippen molar-refractivity contribution < 1.29 is 4.74 Å². The van der Waals surface area contributed by atoms with Crippen molar-refractivity contribution in [2.75, 3.05) is 26.7 Å². The Labute approximate surface area is 171 Å². The summed E-state index contributed by atoms with van der Waals surface area (Å²) in [5.74, 6) is 2.77. The van der Waals surface area contributed by atoms with E-state index in [0.29, 0.717) is 6.04 Å². The summed E-state index contributed by atoms with van der Waals surface area (Å²) in [4.78, 5) is 16.2. The Hall–Kier alpha value is -2.93.